The Bertz CT molecular complexity index is 673. The van der Waals surface area contributed by atoms with Crippen LogP contribution in [0.15, 0.2) is 20.8 Å². The van der Waals surface area contributed by atoms with Crippen molar-refractivity contribution in [1.29, 1.82) is 0 Å². The molecule has 0 aromatic carbocycles. The molecule has 1 aromatic rings. The predicted octanol–water partition coefficient (Wildman–Crippen LogP) is -2.01. The Labute approximate surface area is 120 Å². The highest BCUT2D eigenvalue weighted by molar-refractivity contribution is 5.99. The average Bonchev–Trinajstić information content (AvgIpc) is 2.47. The van der Waals surface area contributed by atoms with Crippen molar-refractivity contribution in [3.8, 4) is 0 Å². The van der Waals surface area contributed by atoms with Gasteiger partial charge in [-0.25, -0.2) is 9.59 Å². The molecular weight excluding hydrogens is 280 g/mol. The maximum absolute atomic E-state index is 11.9. The third-order valence-corrected chi connectivity index (χ3v) is 2.89. The smallest absolute Gasteiger partial charge is 0.349 e. The number of carbonyl (C=O) groups excluding carboxylic acids is 1. The number of aliphatic hydroxyl groups excluding tert-OH is 1. The lowest BCUT2D eigenvalue weighted by atomic mass is 10.2. The molecule has 1 rings (SSSR count). The lowest BCUT2D eigenvalue weighted by Gasteiger charge is -2.11. The second-order valence-electron chi connectivity index (χ2n) is 4.38. The average molecular weight is 298 g/mol. The maximum atomic E-state index is 11.9. The number of carbonyl (C=O) groups is 1. The molecule has 0 fully saturated rings. The van der Waals surface area contributed by atoms with Crippen molar-refractivity contribution >= 4 is 11.7 Å². The molecule has 0 radical (unpaired) electrons. The minimum absolute atomic E-state index is 0.0621. The number of hydrogen-bond acceptors (Lipinski definition) is 7. The summed E-state index contributed by atoms with van der Waals surface area (Å²) in [5.41, 5.74) is -1.08. The quantitative estimate of drug-likeness (QED) is 0.367. The van der Waals surface area contributed by atoms with Crippen LogP contribution in [0.2, 0.25) is 0 Å². The van der Waals surface area contributed by atoms with Gasteiger partial charge in [0.15, 0.2) is 0 Å². The van der Waals surface area contributed by atoms with Gasteiger partial charge in [0.05, 0.1) is 12.7 Å². The molecule has 9 heteroatoms. The first-order chi connectivity index (χ1) is 9.83. The summed E-state index contributed by atoms with van der Waals surface area (Å²) in [5.74, 6) is 4.76. The Morgan fingerprint density at radius 3 is 2.67 bits per heavy atom. The van der Waals surface area contributed by atoms with E-state index in [1.807, 2.05) is 0 Å². The molecule has 0 amide bonds. The Kier molecular flexibility index (Phi) is 5.42. The normalized spacial score (nSPS) is 13.0. The number of aliphatic imine (C=N–C) groups is 1. The van der Waals surface area contributed by atoms with Crippen molar-refractivity contribution < 1.29 is 14.6 Å². The van der Waals surface area contributed by atoms with E-state index >= 15 is 0 Å². The number of nitrogen functional groups attached to an aromatic ring is 1. The van der Waals surface area contributed by atoms with E-state index < -0.39 is 23.3 Å². The number of aromatic nitrogens is 2. The first-order valence-electron chi connectivity index (χ1n) is 6.14. The molecule has 0 aliphatic rings. The van der Waals surface area contributed by atoms with Gasteiger partial charge in [-0.05, 0) is 6.92 Å². The van der Waals surface area contributed by atoms with Gasteiger partial charge >= 0.3 is 11.7 Å². The predicted molar refractivity (Wildman–Crippen MR) is 75.8 cm³/mol. The Morgan fingerprint density at radius 2 is 2.14 bits per heavy atom. The third-order valence-electron chi connectivity index (χ3n) is 2.89. The first kappa shape index (κ1) is 16.6. The lowest BCUT2D eigenvalue weighted by Crippen LogP contribution is -2.45. The van der Waals surface area contributed by atoms with Gasteiger partial charge < -0.3 is 20.3 Å². The van der Waals surface area contributed by atoms with Crippen molar-refractivity contribution in [3.05, 3.63) is 32.6 Å². The van der Waals surface area contributed by atoms with Crippen molar-refractivity contribution in [2.45, 2.75) is 19.4 Å². The Balaban J connectivity index is 3.33. The zero-order valence-electron chi connectivity index (χ0n) is 12.1. The van der Waals surface area contributed by atoms with Crippen molar-refractivity contribution in [1.82, 2.24) is 9.24 Å². The summed E-state index contributed by atoms with van der Waals surface area (Å²) in [4.78, 5) is 39.1. The molecule has 0 aliphatic carbocycles. The zero-order valence-corrected chi connectivity index (χ0v) is 12.1. The van der Waals surface area contributed by atoms with E-state index in [0.717, 1.165) is 4.57 Å². The van der Waals surface area contributed by atoms with Crippen LogP contribution >= 0.6 is 0 Å². The van der Waals surface area contributed by atoms with Gasteiger partial charge in [0, 0.05) is 32.0 Å². The molecule has 0 spiro atoms. The van der Waals surface area contributed by atoms with E-state index in [9.17, 15) is 14.4 Å². The van der Waals surface area contributed by atoms with Gasteiger partial charge in [0.25, 0.3) is 5.56 Å². The largest absolute Gasteiger partial charge is 0.467 e. The fourth-order valence-corrected chi connectivity index (χ4v) is 1.74. The second kappa shape index (κ2) is 6.84. The second-order valence-corrected chi connectivity index (χ2v) is 4.38. The molecule has 0 bridgehead atoms. The van der Waals surface area contributed by atoms with Crippen molar-refractivity contribution in [2.24, 2.45) is 12.0 Å². The summed E-state index contributed by atoms with van der Waals surface area (Å²) < 4.78 is 6.18. The highest BCUT2D eigenvalue weighted by Crippen LogP contribution is 2.04. The number of rotatable bonds is 5. The minimum atomic E-state index is -0.928. The van der Waals surface area contributed by atoms with Crippen LogP contribution in [0.1, 0.15) is 18.9 Å². The Morgan fingerprint density at radius 1 is 1.52 bits per heavy atom. The van der Waals surface area contributed by atoms with Gasteiger partial charge in [0.2, 0.25) is 0 Å². The van der Waals surface area contributed by atoms with Crippen LogP contribution in [0.25, 0.3) is 0 Å². The summed E-state index contributed by atoms with van der Waals surface area (Å²) in [6, 6.07) is -0.928. The molecule has 0 aliphatic heterocycles. The van der Waals surface area contributed by atoms with Gasteiger partial charge in [-0.2, -0.15) is 4.68 Å². The molecule has 9 nitrogen and oxygen atoms in total. The van der Waals surface area contributed by atoms with E-state index in [1.54, 1.807) is 0 Å². The van der Waals surface area contributed by atoms with Gasteiger partial charge in [-0.3, -0.25) is 9.79 Å². The minimum Gasteiger partial charge on any atom is -0.467 e. The SMILES string of the molecule is COC(=O)C(CCO)N=C(C)c1cn(C)c(=O)n(N)c1=O. The number of methoxy groups -OCH3 is 1. The molecule has 1 atom stereocenters. The van der Waals surface area contributed by atoms with Crippen LogP contribution in [0.5, 0.6) is 0 Å². The van der Waals surface area contributed by atoms with Crippen LogP contribution in [0.4, 0.5) is 0 Å². The molecule has 1 aromatic heterocycles. The van der Waals surface area contributed by atoms with E-state index in [-0.39, 0.29) is 24.3 Å². The fraction of sp³-hybridized carbons (Fsp3) is 0.500. The lowest BCUT2D eigenvalue weighted by molar-refractivity contribution is -0.142. The summed E-state index contributed by atoms with van der Waals surface area (Å²) in [6.07, 6.45) is 1.35. The fourth-order valence-electron chi connectivity index (χ4n) is 1.74. The van der Waals surface area contributed by atoms with Crippen LogP contribution < -0.4 is 17.1 Å². The molecule has 1 unspecified atom stereocenters. The van der Waals surface area contributed by atoms with Crippen molar-refractivity contribution in [3.63, 3.8) is 0 Å². The van der Waals surface area contributed by atoms with E-state index in [0.29, 0.717) is 4.68 Å². The third kappa shape index (κ3) is 3.57. The van der Waals surface area contributed by atoms with E-state index in [1.165, 1.54) is 27.3 Å². The summed E-state index contributed by atoms with van der Waals surface area (Å²) in [5, 5.41) is 8.94. The standard InChI is InChI=1S/C12H18N4O5/c1-7(14-9(4-5-17)11(19)21-3)8-6-15(2)12(20)16(13)10(8)18/h6,9,17H,4-5,13H2,1-3H3. The van der Waals surface area contributed by atoms with Crippen LogP contribution in [-0.2, 0) is 16.6 Å². The zero-order chi connectivity index (χ0) is 16.2. The number of nitrogens with zero attached hydrogens (tertiary/aromatic N) is 3. The summed E-state index contributed by atoms with van der Waals surface area (Å²) in [6.45, 7) is 1.25. The van der Waals surface area contributed by atoms with Gasteiger partial charge in [-0.1, -0.05) is 0 Å². The number of esters is 1. The van der Waals surface area contributed by atoms with Crippen LogP contribution in [0, 0.1) is 0 Å². The van der Waals surface area contributed by atoms with Gasteiger partial charge in [-0.15, -0.1) is 0 Å². The van der Waals surface area contributed by atoms with Crippen LogP contribution in [0.3, 0.4) is 0 Å². The molecule has 21 heavy (non-hydrogen) atoms. The van der Waals surface area contributed by atoms with E-state index in [2.05, 4.69) is 9.73 Å². The molecule has 0 saturated carbocycles. The molecule has 1 heterocycles. The molecular formula is C12H18N4O5. The number of hydrogen-bond donors (Lipinski definition) is 2. The van der Waals surface area contributed by atoms with Gasteiger partial charge in [0.1, 0.15) is 6.04 Å². The molecule has 0 saturated heterocycles. The summed E-state index contributed by atoms with van der Waals surface area (Å²) >= 11 is 0. The monoisotopic (exact) mass is 298 g/mol. The highest BCUT2D eigenvalue weighted by atomic mass is 16.5. The van der Waals surface area contributed by atoms with E-state index in [4.69, 9.17) is 10.9 Å². The van der Waals surface area contributed by atoms with Crippen molar-refractivity contribution in [2.75, 3.05) is 19.6 Å². The molecule has 3 N–H and O–H groups in total. The number of aliphatic hydroxyl groups is 1. The number of ether oxygens (including phenoxy) is 1. The highest BCUT2D eigenvalue weighted by Gasteiger charge is 2.19. The summed E-state index contributed by atoms with van der Waals surface area (Å²) in [7, 11) is 2.64. The number of nitrogens with two attached hydrogens (primary N) is 1. The maximum Gasteiger partial charge on any atom is 0.349 e. The first-order valence-corrected chi connectivity index (χ1v) is 6.14. The number of aryl methyl sites for hydroxylation is 1. The molecule has 116 valence electrons. The topological polar surface area (TPSA) is 129 Å². The van der Waals surface area contributed by atoms with Crippen LogP contribution in [-0.4, -0.2) is 45.8 Å². The Hall–Kier alpha value is -2.42.